The topological polar surface area (TPSA) is 41.6 Å². The van der Waals surface area contributed by atoms with Gasteiger partial charge in [-0.05, 0) is 43.7 Å². The van der Waals surface area contributed by atoms with Crippen molar-refractivity contribution in [3.63, 3.8) is 0 Å². The number of hydrogen-bond donors (Lipinski definition) is 1. The smallest absolute Gasteiger partial charge is 0.253 e. The fourth-order valence-electron chi connectivity index (χ4n) is 3.11. The molecule has 2 aromatic carbocycles. The fraction of sp³-hybridized carbons (Fsp3) is 0.350. The molecule has 0 radical (unpaired) electrons. The first kappa shape index (κ1) is 19.3. The van der Waals surface area contributed by atoms with Crippen LogP contribution >= 0.6 is 12.4 Å². The van der Waals surface area contributed by atoms with Crippen molar-refractivity contribution in [3.8, 4) is 5.75 Å². The Kier molecular flexibility index (Phi) is 6.85. The lowest BCUT2D eigenvalue weighted by atomic mass is 10.1. The van der Waals surface area contributed by atoms with Crippen molar-refractivity contribution in [3.05, 3.63) is 65.7 Å². The van der Waals surface area contributed by atoms with Crippen LogP contribution in [-0.4, -0.2) is 36.0 Å². The molecular formula is C20H25ClN2O2. The van der Waals surface area contributed by atoms with Crippen LogP contribution in [0.25, 0.3) is 0 Å². The number of benzene rings is 2. The van der Waals surface area contributed by atoms with Gasteiger partial charge in [0.25, 0.3) is 5.91 Å². The highest BCUT2D eigenvalue weighted by molar-refractivity contribution is 5.94. The summed E-state index contributed by atoms with van der Waals surface area (Å²) in [6, 6.07) is 18.1. The van der Waals surface area contributed by atoms with E-state index in [1.807, 2.05) is 59.5 Å². The second-order valence-corrected chi connectivity index (χ2v) is 6.48. The third-order valence-electron chi connectivity index (χ3n) is 4.19. The van der Waals surface area contributed by atoms with Crippen LogP contribution in [0.15, 0.2) is 54.6 Å². The van der Waals surface area contributed by atoms with Gasteiger partial charge in [0, 0.05) is 30.7 Å². The first-order chi connectivity index (χ1) is 11.6. The molecule has 1 aliphatic rings. The molecule has 3 rings (SSSR count). The van der Waals surface area contributed by atoms with Crippen LogP contribution in [0.1, 0.15) is 29.8 Å². The van der Waals surface area contributed by atoms with Crippen molar-refractivity contribution in [2.75, 3.05) is 13.1 Å². The molecule has 0 aliphatic carbocycles. The van der Waals surface area contributed by atoms with Crippen LogP contribution in [0.5, 0.6) is 5.75 Å². The van der Waals surface area contributed by atoms with E-state index in [4.69, 9.17) is 4.74 Å². The standard InChI is InChI=1S/C20H24N2O2.ClH/c1-15-12-22(13-16(2)21-15)20(23)18-8-10-19(11-9-18)24-14-17-6-4-3-5-7-17;/h3-11,15-16,21H,12-14H2,1-2H3;1H. The molecule has 2 aromatic rings. The Morgan fingerprint density at radius 3 is 2.24 bits per heavy atom. The maximum absolute atomic E-state index is 12.6. The lowest BCUT2D eigenvalue weighted by Crippen LogP contribution is -2.55. The van der Waals surface area contributed by atoms with Crippen molar-refractivity contribution in [2.45, 2.75) is 32.5 Å². The number of nitrogens with zero attached hydrogens (tertiary/aromatic N) is 1. The Bertz CT molecular complexity index is 666. The normalized spacial score (nSPS) is 19.8. The Morgan fingerprint density at radius 1 is 1.04 bits per heavy atom. The number of carbonyl (C=O) groups is 1. The summed E-state index contributed by atoms with van der Waals surface area (Å²) in [5.41, 5.74) is 1.84. The first-order valence-electron chi connectivity index (χ1n) is 8.44. The number of carbonyl (C=O) groups excluding carboxylic acids is 1. The number of nitrogens with one attached hydrogen (secondary N) is 1. The average molecular weight is 361 g/mol. The number of piperazine rings is 1. The molecule has 0 aromatic heterocycles. The molecule has 25 heavy (non-hydrogen) atoms. The van der Waals surface area contributed by atoms with Crippen molar-refractivity contribution in [1.29, 1.82) is 0 Å². The summed E-state index contributed by atoms with van der Waals surface area (Å²) >= 11 is 0. The highest BCUT2D eigenvalue weighted by Crippen LogP contribution is 2.17. The van der Waals surface area contributed by atoms with Gasteiger partial charge in [0.15, 0.2) is 0 Å². The predicted molar refractivity (Wildman–Crippen MR) is 102 cm³/mol. The number of amides is 1. The molecule has 2 atom stereocenters. The second kappa shape index (κ2) is 8.88. The molecule has 2 unspecified atom stereocenters. The van der Waals surface area contributed by atoms with Crippen molar-refractivity contribution >= 4 is 18.3 Å². The number of halogens is 1. The molecule has 0 spiro atoms. The van der Waals surface area contributed by atoms with Gasteiger partial charge in [-0.15, -0.1) is 12.4 Å². The van der Waals surface area contributed by atoms with Crippen LogP contribution in [0.2, 0.25) is 0 Å². The zero-order chi connectivity index (χ0) is 16.9. The van der Waals surface area contributed by atoms with E-state index in [1.165, 1.54) is 0 Å². The Hall–Kier alpha value is -2.04. The monoisotopic (exact) mass is 360 g/mol. The van der Waals surface area contributed by atoms with Crippen molar-refractivity contribution in [1.82, 2.24) is 10.2 Å². The van der Waals surface area contributed by atoms with E-state index >= 15 is 0 Å². The molecular weight excluding hydrogens is 336 g/mol. The predicted octanol–water partition coefficient (Wildman–Crippen LogP) is 3.51. The average Bonchev–Trinajstić information content (AvgIpc) is 2.60. The van der Waals surface area contributed by atoms with Crippen LogP contribution in [0, 0.1) is 0 Å². The fourth-order valence-corrected chi connectivity index (χ4v) is 3.11. The van der Waals surface area contributed by atoms with Gasteiger partial charge >= 0.3 is 0 Å². The molecule has 1 fully saturated rings. The van der Waals surface area contributed by atoms with Crippen molar-refractivity contribution < 1.29 is 9.53 Å². The van der Waals surface area contributed by atoms with Gasteiger partial charge in [0.2, 0.25) is 0 Å². The van der Waals surface area contributed by atoms with Crippen LogP contribution in [-0.2, 0) is 6.61 Å². The molecule has 1 heterocycles. The van der Waals surface area contributed by atoms with E-state index in [1.54, 1.807) is 0 Å². The maximum atomic E-state index is 12.6. The lowest BCUT2D eigenvalue weighted by molar-refractivity contribution is 0.0673. The summed E-state index contributed by atoms with van der Waals surface area (Å²) in [7, 11) is 0. The molecule has 134 valence electrons. The second-order valence-electron chi connectivity index (χ2n) is 6.48. The van der Waals surface area contributed by atoms with E-state index in [0.717, 1.165) is 24.4 Å². The van der Waals surface area contributed by atoms with Gasteiger partial charge in [0.1, 0.15) is 12.4 Å². The van der Waals surface area contributed by atoms with E-state index in [-0.39, 0.29) is 18.3 Å². The summed E-state index contributed by atoms with van der Waals surface area (Å²) < 4.78 is 5.77. The Balaban J connectivity index is 0.00000225. The van der Waals surface area contributed by atoms with E-state index in [2.05, 4.69) is 19.2 Å². The van der Waals surface area contributed by atoms with Gasteiger partial charge in [-0.1, -0.05) is 30.3 Å². The third kappa shape index (κ3) is 5.21. The van der Waals surface area contributed by atoms with Gasteiger partial charge in [-0.25, -0.2) is 0 Å². The van der Waals surface area contributed by atoms with Crippen LogP contribution in [0.4, 0.5) is 0 Å². The lowest BCUT2D eigenvalue weighted by Gasteiger charge is -2.36. The first-order valence-corrected chi connectivity index (χ1v) is 8.44. The van der Waals surface area contributed by atoms with Gasteiger partial charge in [-0.3, -0.25) is 4.79 Å². The molecule has 1 N–H and O–H groups in total. The molecule has 4 nitrogen and oxygen atoms in total. The van der Waals surface area contributed by atoms with Crippen LogP contribution in [0.3, 0.4) is 0 Å². The minimum atomic E-state index is 0. The van der Waals surface area contributed by atoms with Gasteiger partial charge < -0.3 is 15.0 Å². The zero-order valence-corrected chi connectivity index (χ0v) is 15.5. The van der Waals surface area contributed by atoms with Crippen LogP contribution < -0.4 is 10.1 Å². The highest BCUT2D eigenvalue weighted by Gasteiger charge is 2.25. The Morgan fingerprint density at radius 2 is 1.64 bits per heavy atom. The molecule has 1 amide bonds. The molecule has 0 saturated carbocycles. The van der Waals surface area contributed by atoms with E-state index in [9.17, 15) is 4.79 Å². The Labute approximate surface area is 155 Å². The molecule has 1 aliphatic heterocycles. The number of hydrogen-bond acceptors (Lipinski definition) is 3. The summed E-state index contributed by atoms with van der Waals surface area (Å²) in [5.74, 6) is 0.863. The minimum Gasteiger partial charge on any atom is -0.489 e. The van der Waals surface area contributed by atoms with Gasteiger partial charge in [-0.2, -0.15) is 0 Å². The summed E-state index contributed by atoms with van der Waals surface area (Å²) in [6.07, 6.45) is 0. The van der Waals surface area contributed by atoms with Gasteiger partial charge in [0.05, 0.1) is 0 Å². The SMILES string of the molecule is CC1CN(C(=O)c2ccc(OCc3ccccc3)cc2)CC(C)N1.Cl. The summed E-state index contributed by atoms with van der Waals surface area (Å²) in [6.45, 7) is 6.23. The van der Waals surface area contributed by atoms with E-state index < -0.39 is 0 Å². The molecule has 1 saturated heterocycles. The zero-order valence-electron chi connectivity index (χ0n) is 14.6. The highest BCUT2D eigenvalue weighted by atomic mass is 35.5. The maximum Gasteiger partial charge on any atom is 0.253 e. The number of rotatable bonds is 4. The quantitative estimate of drug-likeness (QED) is 0.907. The summed E-state index contributed by atoms with van der Waals surface area (Å²) in [4.78, 5) is 14.6. The minimum absolute atomic E-state index is 0. The number of ether oxygens (including phenoxy) is 1. The van der Waals surface area contributed by atoms with E-state index in [0.29, 0.717) is 24.3 Å². The molecule has 5 heteroatoms. The summed E-state index contributed by atoms with van der Waals surface area (Å²) in [5, 5.41) is 3.44. The third-order valence-corrected chi connectivity index (χ3v) is 4.19. The van der Waals surface area contributed by atoms with Crippen molar-refractivity contribution in [2.24, 2.45) is 0 Å². The molecule has 0 bridgehead atoms. The largest absolute Gasteiger partial charge is 0.489 e.